The first-order valence-corrected chi connectivity index (χ1v) is 7.91. The second-order valence-electron chi connectivity index (χ2n) is 5.54. The number of hydrogen-bond donors (Lipinski definition) is 0. The third kappa shape index (κ3) is 4.93. The van der Waals surface area contributed by atoms with Crippen LogP contribution in [0.3, 0.4) is 0 Å². The molecule has 0 heterocycles. The average molecular weight is 293 g/mol. The highest BCUT2D eigenvalue weighted by molar-refractivity contribution is 5.33. The highest BCUT2D eigenvalue weighted by Gasteiger charge is 2.10. The van der Waals surface area contributed by atoms with Gasteiger partial charge in [-0.2, -0.15) is 5.26 Å². The molecule has 0 aliphatic carbocycles. The third-order valence-corrected chi connectivity index (χ3v) is 3.95. The quantitative estimate of drug-likeness (QED) is 0.634. The van der Waals surface area contributed by atoms with Gasteiger partial charge in [-0.05, 0) is 42.5 Å². The Labute approximate surface area is 133 Å². The van der Waals surface area contributed by atoms with Crippen LogP contribution in [-0.2, 0) is 6.42 Å². The number of ether oxygens (including phenoxy) is 1. The summed E-state index contributed by atoms with van der Waals surface area (Å²) in [5, 5.41) is 9.39. The SMILES string of the molecule is COc1cccc(C(C#N)CCCCCc2ccccc2)c1. The first kappa shape index (κ1) is 16.1. The number of aryl methyl sites for hydroxylation is 1. The van der Waals surface area contributed by atoms with Crippen molar-refractivity contribution in [3.8, 4) is 11.8 Å². The van der Waals surface area contributed by atoms with Crippen molar-refractivity contribution < 1.29 is 4.74 Å². The molecule has 1 atom stereocenters. The molecule has 0 N–H and O–H groups in total. The Kier molecular flexibility index (Phi) is 6.51. The van der Waals surface area contributed by atoms with E-state index in [1.165, 1.54) is 12.0 Å². The van der Waals surface area contributed by atoms with Crippen LogP contribution in [0.1, 0.15) is 42.7 Å². The number of nitrogens with zero attached hydrogens (tertiary/aromatic N) is 1. The highest BCUT2D eigenvalue weighted by atomic mass is 16.5. The van der Waals surface area contributed by atoms with Crippen LogP contribution in [0.4, 0.5) is 0 Å². The molecule has 2 rings (SSSR count). The van der Waals surface area contributed by atoms with Gasteiger partial charge in [0, 0.05) is 0 Å². The van der Waals surface area contributed by atoms with E-state index in [9.17, 15) is 5.26 Å². The molecule has 0 amide bonds. The standard InChI is InChI=1S/C20H23NO/c1-22-20-14-8-13-18(15-20)19(16-21)12-7-3-6-11-17-9-4-2-5-10-17/h2,4-5,8-10,13-15,19H,3,6-7,11-12H2,1H3. The predicted molar refractivity (Wildman–Crippen MR) is 90.0 cm³/mol. The van der Waals surface area contributed by atoms with E-state index in [4.69, 9.17) is 4.74 Å². The number of unbranched alkanes of at least 4 members (excludes halogenated alkanes) is 2. The van der Waals surface area contributed by atoms with E-state index in [2.05, 4.69) is 36.4 Å². The van der Waals surface area contributed by atoms with Gasteiger partial charge in [0.05, 0.1) is 19.1 Å². The molecule has 2 nitrogen and oxygen atoms in total. The second-order valence-corrected chi connectivity index (χ2v) is 5.54. The van der Waals surface area contributed by atoms with Gasteiger partial charge < -0.3 is 4.74 Å². The highest BCUT2D eigenvalue weighted by Crippen LogP contribution is 2.25. The Morgan fingerprint density at radius 3 is 2.55 bits per heavy atom. The minimum Gasteiger partial charge on any atom is -0.497 e. The van der Waals surface area contributed by atoms with E-state index >= 15 is 0 Å². The van der Waals surface area contributed by atoms with E-state index in [0.717, 1.165) is 37.0 Å². The van der Waals surface area contributed by atoms with E-state index < -0.39 is 0 Å². The molecule has 0 bridgehead atoms. The maximum Gasteiger partial charge on any atom is 0.119 e. The van der Waals surface area contributed by atoms with Crippen molar-refractivity contribution in [2.24, 2.45) is 0 Å². The van der Waals surface area contributed by atoms with Crippen molar-refractivity contribution in [3.05, 3.63) is 65.7 Å². The summed E-state index contributed by atoms with van der Waals surface area (Å²) in [6.07, 6.45) is 5.47. The Balaban J connectivity index is 1.76. The van der Waals surface area contributed by atoms with E-state index in [-0.39, 0.29) is 5.92 Å². The predicted octanol–water partition coefficient (Wildman–Crippen LogP) is 5.11. The smallest absolute Gasteiger partial charge is 0.119 e. The summed E-state index contributed by atoms with van der Waals surface area (Å²) in [6, 6.07) is 20.8. The minimum absolute atomic E-state index is 0.0353. The van der Waals surface area contributed by atoms with Crippen molar-refractivity contribution in [1.29, 1.82) is 5.26 Å². The number of benzene rings is 2. The lowest BCUT2D eigenvalue weighted by molar-refractivity contribution is 0.414. The molecule has 0 aliphatic rings. The summed E-state index contributed by atoms with van der Waals surface area (Å²) in [5.74, 6) is 0.786. The van der Waals surface area contributed by atoms with E-state index in [1.54, 1.807) is 7.11 Å². The van der Waals surface area contributed by atoms with Crippen molar-refractivity contribution in [3.63, 3.8) is 0 Å². The van der Waals surface area contributed by atoms with Gasteiger partial charge in [-0.3, -0.25) is 0 Å². The van der Waals surface area contributed by atoms with Gasteiger partial charge in [-0.1, -0.05) is 55.3 Å². The molecule has 0 aromatic heterocycles. The van der Waals surface area contributed by atoms with Crippen LogP contribution < -0.4 is 4.74 Å². The molecular weight excluding hydrogens is 270 g/mol. The molecule has 0 radical (unpaired) electrons. The summed E-state index contributed by atoms with van der Waals surface area (Å²) in [5.41, 5.74) is 2.46. The average Bonchev–Trinajstić information content (AvgIpc) is 2.59. The molecule has 0 fully saturated rings. The molecule has 0 aliphatic heterocycles. The van der Waals surface area contributed by atoms with Crippen molar-refractivity contribution in [2.75, 3.05) is 7.11 Å². The fourth-order valence-corrected chi connectivity index (χ4v) is 2.66. The maximum atomic E-state index is 9.39. The van der Waals surface area contributed by atoms with E-state index in [0.29, 0.717) is 0 Å². The fraction of sp³-hybridized carbons (Fsp3) is 0.350. The Morgan fingerprint density at radius 1 is 1.00 bits per heavy atom. The summed E-state index contributed by atoms with van der Waals surface area (Å²) >= 11 is 0. The second kappa shape index (κ2) is 8.89. The monoisotopic (exact) mass is 293 g/mol. The van der Waals surface area contributed by atoms with Gasteiger partial charge in [0.25, 0.3) is 0 Å². The van der Waals surface area contributed by atoms with Crippen molar-refractivity contribution in [2.45, 2.75) is 38.0 Å². The largest absolute Gasteiger partial charge is 0.497 e. The molecule has 2 aromatic carbocycles. The van der Waals surface area contributed by atoms with Crippen LogP contribution in [0.15, 0.2) is 54.6 Å². The van der Waals surface area contributed by atoms with Gasteiger partial charge in [0.2, 0.25) is 0 Å². The lowest BCUT2D eigenvalue weighted by atomic mass is 9.94. The molecule has 0 spiro atoms. The maximum absolute atomic E-state index is 9.39. The summed E-state index contributed by atoms with van der Waals surface area (Å²) < 4.78 is 5.23. The van der Waals surface area contributed by atoms with Gasteiger partial charge in [0.15, 0.2) is 0 Å². The fourth-order valence-electron chi connectivity index (χ4n) is 2.66. The van der Waals surface area contributed by atoms with Crippen LogP contribution in [0.5, 0.6) is 5.75 Å². The Hall–Kier alpha value is -2.27. The zero-order valence-corrected chi connectivity index (χ0v) is 13.2. The van der Waals surface area contributed by atoms with E-state index in [1.807, 2.05) is 24.3 Å². The lowest BCUT2D eigenvalue weighted by Crippen LogP contribution is -1.97. The Morgan fingerprint density at radius 2 is 1.82 bits per heavy atom. The first-order valence-electron chi connectivity index (χ1n) is 7.91. The molecule has 1 unspecified atom stereocenters. The minimum atomic E-state index is -0.0353. The number of hydrogen-bond acceptors (Lipinski definition) is 2. The topological polar surface area (TPSA) is 33.0 Å². The lowest BCUT2D eigenvalue weighted by Gasteiger charge is -2.10. The van der Waals surface area contributed by atoms with Gasteiger partial charge >= 0.3 is 0 Å². The molecule has 2 heteroatoms. The zero-order valence-electron chi connectivity index (χ0n) is 13.2. The molecular formula is C20H23NO. The normalized spacial score (nSPS) is 11.6. The third-order valence-electron chi connectivity index (χ3n) is 3.95. The molecule has 22 heavy (non-hydrogen) atoms. The van der Waals surface area contributed by atoms with Crippen LogP contribution >= 0.6 is 0 Å². The molecule has 2 aromatic rings. The van der Waals surface area contributed by atoms with Crippen molar-refractivity contribution in [1.82, 2.24) is 0 Å². The van der Waals surface area contributed by atoms with Gasteiger partial charge in [0.1, 0.15) is 5.75 Å². The summed E-state index contributed by atoms with van der Waals surface area (Å²) in [4.78, 5) is 0. The summed E-state index contributed by atoms with van der Waals surface area (Å²) in [7, 11) is 1.66. The molecule has 0 saturated heterocycles. The summed E-state index contributed by atoms with van der Waals surface area (Å²) in [6.45, 7) is 0. The van der Waals surface area contributed by atoms with Crippen LogP contribution in [0.2, 0.25) is 0 Å². The van der Waals surface area contributed by atoms with Crippen LogP contribution in [0.25, 0.3) is 0 Å². The van der Waals surface area contributed by atoms with Crippen molar-refractivity contribution >= 4 is 0 Å². The number of nitriles is 1. The molecule has 0 saturated carbocycles. The number of methoxy groups -OCH3 is 1. The molecule has 114 valence electrons. The zero-order chi connectivity index (χ0) is 15.6. The first-order chi connectivity index (χ1) is 10.8. The van der Waals surface area contributed by atoms with Crippen LogP contribution in [0, 0.1) is 11.3 Å². The number of rotatable bonds is 8. The Bertz CT molecular complexity index is 601. The van der Waals surface area contributed by atoms with Gasteiger partial charge in [-0.15, -0.1) is 0 Å². The van der Waals surface area contributed by atoms with Gasteiger partial charge in [-0.25, -0.2) is 0 Å². The van der Waals surface area contributed by atoms with Crippen LogP contribution in [-0.4, -0.2) is 7.11 Å².